The van der Waals surface area contributed by atoms with E-state index in [9.17, 15) is 9.90 Å². The number of hydrogen-bond acceptors (Lipinski definition) is 2. The van der Waals surface area contributed by atoms with E-state index in [1.165, 1.54) is 6.08 Å². The van der Waals surface area contributed by atoms with Crippen LogP contribution in [0.5, 0.6) is 0 Å². The molecule has 0 aliphatic carbocycles. The number of unbranched alkanes of at least 4 members (excludes halogenated alkanes) is 1. The van der Waals surface area contributed by atoms with Crippen molar-refractivity contribution in [2.75, 3.05) is 0 Å². The molecule has 12 heavy (non-hydrogen) atoms. The molecule has 0 saturated heterocycles. The van der Waals surface area contributed by atoms with E-state index in [-0.39, 0.29) is 12.0 Å². The summed E-state index contributed by atoms with van der Waals surface area (Å²) >= 11 is 0. The Morgan fingerprint density at radius 1 is 1.50 bits per heavy atom. The Morgan fingerprint density at radius 3 is 2.67 bits per heavy atom. The zero-order chi connectivity index (χ0) is 9.40. The summed E-state index contributed by atoms with van der Waals surface area (Å²) < 4.78 is 0. The van der Waals surface area contributed by atoms with E-state index in [0.29, 0.717) is 0 Å². The number of carbonyl (C=O) groups excluding carboxylic acids is 1. The molecule has 0 radical (unpaired) electrons. The third-order valence-corrected chi connectivity index (χ3v) is 1.95. The second kappa shape index (κ2) is 7.04. The molecule has 0 aromatic rings. The van der Waals surface area contributed by atoms with Crippen LogP contribution in [-0.2, 0) is 4.79 Å². The minimum Gasteiger partial charge on any atom is -0.393 e. The molecular weight excluding hydrogens is 152 g/mol. The molecule has 0 bridgehead atoms. The normalized spacial score (nSPS) is 16.2. The van der Waals surface area contributed by atoms with E-state index in [1.807, 2.05) is 6.92 Å². The van der Waals surface area contributed by atoms with Gasteiger partial charge in [-0.25, -0.2) is 0 Å². The van der Waals surface area contributed by atoms with Gasteiger partial charge in [-0.1, -0.05) is 32.8 Å². The number of hydrogen-bond donors (Lipinski definition) is 1. The molecule has 0 aromatic carbocycles. The predicted octanol–water partition coefficient (Wildman–Crippen LogP) is 1.93. The minimum absolute atomic E-state index is 0.0850. The van der Waals surface area contributed by atoms with Crippen LogP contribution in [0.15, 0.2) is 12.2 Å². The number of aliphatic hydroxyl groups excluding tert-OH is 1. The predicted molar refractivity (Wildman–Crippen MR) is 49.9 cm³/mol. The van der Waals surface area contributed by atoms with Crippen LogP contribution in [0.3, 0.4) is 0 Å². The second-order valence-electron chi connectivity index (χ2n) is 3.09. The fourth-order valence-electron chi connectivity index (χ4n) is 1.03. The van der Waals surface area contributed by atoms with Gasteiger partial charge in [0.1, 0.15) is 6.29 Å². The average molecular weight is 170 g/mol. The lowest BCUT2D eigenvalue weighted by Gasteiger charge is -2.14. The number of rotatable bonds is 6. The molecule has 70 valence electrons. The van der Waals surface area contributed by atoms with E-state index in [0.717, 1.165) is 25.5 Å². The molecule has 0 saturated carbocycles. The van der Waals surface area contributed by atoms with Crippen LogP contribution in [0.1, 0.15) is 33.1 Å². The van der Waals surface area contributed by atoms with Gasteiger partial charge in [-0.2, -0.15) is 0 Å². The summed E-state index contributed by atoms with van der Waals surface area (Å²) in [5.74, 6) is 0.0850. The highest BCUT2D eigenvalue weighted by molar-refractivity contribution is 5.64. The van der Waals surface area contributed by atoms with Gasteiger partial charge in [-0.15, -0.1) is 0 Å². The van der Waals surface area contributed by atoms with Crippen molar-refractivity contribution in [2.24, 2.45) is 5.92 Å². The summed E-state index contributed by atoms with van der Waals surface area (Å²) in [7, 11) is 0. The van der Waals surface area contributed by atoms with Crippen LogP contribution in [0.25, 0.3) is 0 Å². The SMILES string of the molecule is CCCCC(O)C(C)C=CC=O. The second-order valence-corrected chi connectivity index (χ2v) is 3.09. The third kappa shape index (κ3) is 5.08. The first-order valence-electron chi connectivity index (χ1n) is 4.52. The summed E-state index contributed by atoms with van der Waals surface area (Å²) in [6, 6.07) is 0. The summed E-state index contributed by atoms with van der Waals surface area (Å²) in [6.07, 6.45) is 6.58. The van der Waals surface area contributed by atoms with Crippen molar-refractivity contribution in [1.29, 1.82) is 0 Å². The molecule has 0 amide bonds. The molecule has 0 aromatic heterocycles. The van der Waals surface area contributed by atoms with Gasteiger partial charge in [0, 0.05) is 5.92 Å². The summed E-state index contributed by atoms with van der Waals surface area (Å²) in [5, 5.41) is 9.51. The highest BCUT2D eigenvalue weighted by atomic mass is 16.3. The first-order chi connectivity index (χ1) is 5.72. The zero-order valence-electron chi connectivity index (χ0n) is 7.86. The Kier molecular flexibility index (Phi) is 6.67. The van der Waals surface area contributed by atoms with E-state index in [2.05, 4.69) is 6.92 Å². The number of carbonyl (C=O) groups is 1. The Labute approximate surface area is 74.3 Å². The fraction of sp³-hybridized carbons (Fsp3) is 0.700. The van der Waals surface area contributed by atoms with Crippen molar-refractivity contribution in [3.63, 3.8) is 0 Å². The van der Waals surface area contributed by atoms with Gasteiger partial charge in [-0.05, 0) is 12.5 Å². The van der Waals surface area contributed by atoms with Crippen LogP contribution >= 0.6 is 0 Å². The number of allylic oxidation sites excluding steroid dienone is 1. The quantitative estimate of drug-likeness (QED) is 0.488. The van der Waals surface area contributed by atoms with Crippen molar-refractivity contribution >= 4 is 6.29 Å². The smallest absolute Gasteiger partial charge is 0.142 e. The molecule has 0 rings (SSSR count). The molecule has 0 spiro atoms. The molecule has 0 heterocycles. The molecule has 2 heteroatoms. The molecule has 2 nitrogen and oxygen atoms in total. The maximum Gasteiger partial charge on any atom is 0.142 e. The molecule has 1 N–H and O–H groups in total. The van der Waals surface area contributed by atoms with Gasteiger partial charge in [0.25, 0.3) is 0 Å². The van der Waals surface area contributed by atoms with Gasteiger partial charge in [0.15, 0.2) is 0 Å². The molecule has 0 aliphatic heterocycles. The molecule has 0 fully saturated rings. The van der Waals surface area contributed by atoms with Gasteiger partial charge < -0.3 is 5.11 Å². The van der Waals surface area contributed by atoms with E-state index in [1.54, 1.807) is 6.08 Å². The average Bonchev–Trinajstić information content (AvgIpc) is 2.10. The lowest BCUT2D eigenvalue weighted by atomic mass is 9.99. The van der Waals surface area contributed by atoms with Gasteiger partial charge >= 0.3 is 0 Å². The van der Waals surface area contributed by atoms with Crippen molar-refractivity contribution in [1.82, 2.24) is 0 Å². The van der Waals surface area contributed by atoms with Crippen LogP contribution in [-0.4, -0.2) is 17.5 Å². The van der Waals surface area contributed by atoms with Crippen LogP contribution in [0.4, 0.5) is 0 Å². The summed E-state index contributed by atoms with van der Waals surface area (Å²) in [4.78, 5) is 9.98. The van der Waals surface area contributed by atoms with Crippen molar-refractivity contribution in [3.05, 3.63) is 12.2 Å². The maximum absolute atomic E-state index is 9.98. The van der Waals surface area contributed by atoms with E-state index in [4.69, 9.17) is 0 Å². The Morgan fingerprint density at radius 2 is 2.17 bits per heavy atom. The Balaban J connectivity index is 3.67. The van der Waals surface area contributed by atoms with Gasteiger partial charge in [0.2, 0.25) is 0 Å². The first-order valence-corrected chi connectivity index (χ1v) is 4.52. The highest BCUT2D eigenvalue weighted by Crippen LogP contribution is 2.11. The first kappa shape index (κ1) is 11.4. The van der Waals surface area contributed by atoms with Gasteiger partial charge in [0.05, 0.1) is 6.10 Å². The lowest BCUT2D eigenvalue weighted by molar-refractivity contribution is -0.104. The molecular formula is C10H18O2. The van der Waals surface area contributed by atoms with Crippen molar-refractivity contribution < 1.29 is 9.90 Å². The Bertz CT molecular complexity index is 141. The van der Waals surface area contributed by atoms with E-state index < -0.39 is 0 Å². The fourth-order valence-corrected chi connectivity index (χ4v) is 1.03. The van der Waals surface area contributed by atoms with Crippen LogP contribution in [0, 0.1) is 5.92 Å². The van der Waals surface area contributed by atoms with Crippen LogP contribution < -0.4 is 0 Å². The summed E-state index contributed by atoms with van der Waals surface area (Å²) in [5.41, 5.74) is 0. The Hall–Kier alpha value is -0.630. The lowest BCUT2D eigenvalue weighted by Crippen LogP contribution is -2.15. The largest absolute Gasteiger partial charge is 0.393 e. The van der Waals surface area contributed by atoms with E-state index >= 15 is 0 Å². The number of aliphatic hydroxyl groups is 1. The van der Waals surface area contributed by atoms with Crippen molar-refractivity contribution in [2.45, 2.75) is 39.2 Å². The molecule has 0 aliphatic rings. The zero-order valence-corrected chi connectivity index (χ0v) is 7.86. The summed E-state index contributed by atoms with van der Waals surface area (Å²) in [6.45, 7) is 4.01. The maximum atomic E-state index is 9.98. The third-order valence-electron chi connectivity index (χ3n) is 1.95. The molecule has 2 unspecified atom stereocenters. The number of aldehydes is 1. The molecule has 2 atom stereocenters. The van der Waals surface area contributed by atoms with Gasteiger partial charge in [-0.3, -0.25) is 4.79 Å². The monoisotopic (exact) mass is 170 g/mol. The minimum atomic E-state index is -0.304. The standard InChI is InChI=1S/C10H18O2/c1-3-4-7-10(12)9(2)6-5-8-11/h5-6,8-10,12H,3-4,7H2,1-2H3. The highest BCUT2D eigenvalue weighted by Gasteiger charge is 2.09. The van der Waals surface area contributed by atoms with Crippen LogP contribution in [0.2, 0.25) is 0 Å². The van der Waals surface area contributed by atoms with Crippen molar-refractivity contribution in [3.8, 4) is 0 Å². The topological polar surface area (TPSA) is 37.3 Å².